The Morgan fingerprint density at radius 1 is 1.40 bits per heavy atom. The zero-order valence-corrected chi connectivity index (χ0v) is 12.7. The second-order valence-corrected chi connectivity index (χ2v) is 6.99. The van der Waals surface area contributed by atoms with Crippen LogP contribution in [0.25, 0.3) is 0 Å². The molecule has 0 saturated carbocycles. The van der Waals surface area contributed by atoms with Gasteiger partial charge in [-0.2, -0.15) is 0 Å². The lowest BCUT2D eigenvalue weighted by molar-refractivity contribution is 0.149. The first-order chi connectivity index (χ1) is 9.19. The zero-order chi connectivity index (χ0) is 15.4. The van der Waals surface area contributed by atoms with Crippen molar-refractivity contribution in [2.75, 3.05) is 29.4 Å². The molecule has 0 spiro atoms. The minimum atomic E-state index is -3.53. The van der Waals surface area contributed by atoms with E-state index in [0.717, 1.165) is 12.7 Å². The Bertz CT molecular complexity index is 557. The average Bonchev–Trinajstić information content (AvgIpc) is 2.38. The maximum absolute atomic E-state index is 13.5. The van der Waals surface area contributed by atoms with Crippen LogP contribution in [0.15, 0.2) is 18.2 Å². The van der Waals surface area contributed by atoms with Gasteiger partial charge < -0.3 is 10.4 Å². The molecule has 0 aromatic heterocycles. The fourth-order valence-corrected chi connectivity index (χ4v) is 2.08. The van der Waals surface area contributed by atoms with Crippen molar-refractivity contribution in [2.45, 2.75) is 20.3 Å². The second-order valence-electron chi connectivity index (χ2n) is 5.24. The molecule has 0 aliphatic heterocycles. The fraction of sp³-hybridized carbons (Fsp3) is 0.538. The number of nitrogens with one attached hydrogen (secondary N) is 2. The molecular formula is C13H21FN2O3S. The van der Waals surface area contributed by atoms with E-state index in [2.05, 4.69) is 10.0 Å². The Labute approximate surface area is 119 Å². The number of rotatable bonds is 7. The van der Waals surface area contributed by atoms with Gasteiger partial charge in [0.1, 0.15) is 5.82 Å². The van der Waals surface area contributed by atoms with E-state index in [1.807, 2.05) is 13.8 Å². The summed E-state index contributed by atoms with van der Waals surface area (Å²) in [6, 6.07) is 4.11. The summed E-state index contributed by atoms with van der Waals surface area (Å²) in [5, 5.41) is 12.4. The molecule has 3 N–H and O–H groups in total. The maximum atomic E-state index is 13.5. The van der Waals surface area contributed by atoms with E-state index in [9.17, 15) is 17.9 Å². The van der Waals surface area contributed by atoms with Gasteiger partial charge in [-0.1, -0.05) is 13.8 Å². The molecule has 0 aliphatic carbocycles. The third-order valence-electron chi connectivity index (χ3n) is 3.22. The van der Waals surface area contributed by atoms with Crippen LogP contribution in [0.4, 0.5) is 15.8 Å². The van der Waals surface area contributed by atoms with Crippen molar-refractivity contribution in [1.82, 2.24) is 0 Å². The molecule has 20 heavy (non-hydrogen) atoms. The average molecular weight is 304 g/mol. The van der Waals surface area contributed by atoms with Crippen molar-refractivity contribution in [3.63, 3.8) is 0 Å². The molecule has 0 radical (unpaired) electrons. The molecule has 1 atom stereocenters. The van der Waals surface area contributed by atoms with E-state index in [1.165, 1.54) is 18.2 Å². The Kier molecular flexibility index (Phi) is 5.35. The monoisotopic (exact) mass is 304 g/mol. The van der Waals surface area contributed by atoms with Crippen molar-refractivity contribution >= 4 is 21.4 Å². The van der Waals surface area contributed by atoms with Crippen molar-refractivity contribution in [3.8, 4) is 0 Å². The number of hydrogen-bond donors (Lipinski definition) is 3. The van der Waals surface area contributed by atoms with Crippen LogP contribution in [0.3, 0.4) is 0 Å². The summed E-state index contributed by atoms with van der Waals surface area (Å²) >= 11 is 0. The Morgan fingerprint density at radius 2 is 2.05 bits per heavy atom. The van der Waals surface area contributed by atoms with Crippen molar-refractivity contribution in [3.05, 3.63) is 24.0 Å². The number of aliphatic hydroxyl groups excluding tert-OH is 1. The Hall–Kier alpha value is -1.34. The highest BCUT2D eigenvalue weighted by atomic mass is 32.2. The van der Waals surface area contributed by atoms with Crippen LogP contribution in [0.2, 0.25) is 0 Å². The molecule has 7 heteroatoms. The normalized spacial score (nSPS) is 14.7. The first-order valence-electron chi connectivity index (χ1n) is 6.31. The number of aliphatic hydroxyl groups is 1. The molecule has 1 aromatic rings. The van der Waals surface area contributed by atoms with Gasteiger partial charge in [0.05, 0.1) is 18.6 Å². The lowest BCUT2D eigenvalue weighted by atomic mass is 9.88. The third kappa shape index (κ3) is 4.97. The Balaban J connectivity index is 2.85. The summed E-state index contributed by atoms with van der Waals surface area (Å²) in [7, 11) is -3.53. The molecule has 114 valence electrons. The zero-order valence-electron chi connectivity index (χ0n) is 11.9. The van der Waals surface area contributed by atoms with Gasteiger partial charge in [0.2, 0.25) is 10.0 Å². The molecule has 1 aromatic carbocycles. The number of hydrogen-bond acceptors (Lipinski definition) is 4. The van der Waals surface area contributed by atoms with E-state index in [-0.39, 0.29) is 17.7 Å². The summed E-state index contributed by atoms with van der Waals surface area (Å²) in [4.78, 5) is 0. The van der Waals surface area contributed by atoms with Crippen LogP contribution in [-0.2, 0) is 10.0 Å². The summed E-state index contributed by atoms with van der Waals surface area (Å²) in [6.45, 7) is 4.44. The Morgan fingerprint density at radius 3 is 2.55 bits per heavy atom. The summed E-state index contributed by atoms with van der Waals surface area (Å²) in [6.07, 6.45) is 1.75. The molecule has 5 nitrogen and oxygen atoms in total. The molecule has 1 unspecified atom stereocenters. The smallest absolute Gasteiger partial charge is 0.229 e. The van der Waals surface area contributed by atoms with E-state index in [0.29, 0.717) is 12.2 Å². The van der Waals surface area contributed by atoms with Gasteiger partial charge in [-0.25, -0.2) is 12.8 Å². The van der Waals surface area contributed by atoms with E-state index in [1.54, 1.807) is 0 Å². The van der Waals surface area contributed by atoms with Crippen LogP contribution >= 0.6 is 0 Å². The molecule has 0 heterocycles. The molecule has 0 amide bonds. The molecule has 0 saturated heterocycles. The predicted molar refractivity (Wildman–Crippen MR) is 78.8 cm³/mol. The van der Waals surface area contributed by atoms with Crippen molar-refractivity contribution in [2.24, 2.45) is 5.41 Å². The number of sulfonamides is 1. The lowest BCUT2D eigenvalue weighted by Gasteiger charge is -2.26. The quantitative estimate of drug-likeness (QED) is 0.720. The van der Waals surface area contributed by atoms with E-state index < -0.39 is 15.8 Å². The van der Waals surface area contributed by atoms with Crippen LogP contribution < -0.4 is 10.0 Å². The first-order valence-corrected chi connectivity index (χ1v) is 8.20. The molecule has 0 bridgehead atoms. The van der Waals surface area contributed by atoms with Crippen LogP contribution in [0.5, 0.6) is 0 Å². The molecular weight excluding hydrogens is 283 g/mol. The van der Waals surface area contributed by atoms with Gasteiger partial charge in [-0.05, 0) is 24.6 Å². The standard InChI is InChI=1S/C13H21FN2O3S/c1-4-13(2,9-17)8-15-10-5-6-11(14)12(7-10)16-20(3,18)19/h5-7,15-17H,4,8-9H2,1-3H3. The second kappa shape index (κ2) is 6.41. The van der Waals surface area contributed by atoms with E-state index in [4.69, 9.17) is 0 Å². The van der Waals surface area contributed by atoms with Crippen LogP contribution in [0, 0.1) is 11.2 Å². The largest absolute Gasteiger partial charge is 0.396 e. The van der Waals surface area contributed by atoms with Gasteiger partial charge in [0, 0.05) is 17.6 Å². The van der Waals surface area contributed by atoms with Crippen LogP contribution in [-0.4, -0.2) is 32.9 Å². The van der Waals surface area contributed by atoms with E-state index >= 15 is 0 Å². The molecule has 1 rings (SSSR count). The van der Waals surface area contributed by atoms with Crippen molar-refractivity contribution < 1.29 is 17.9 Å². The number of anilines is 2. The predicted octanol–water partition coefficient (Wildman–Crippen LogP) is 2.02. The number of benzene rings is 1. The number of halogens is 1. The molecule has 0 fully saturated rings. The fourth-order valence-electron chi connectivity index (χ4n) is 1.52. The minimum absolute atomic E-state index is 0.0339. The topological polar surface area (TPSA) is 78.4 Å². The highest BCUT2D eigenvalue weighted by Gasteiger charge is 2.20. The van der Waals surface area contributed by atoms with Gasteiger partial charge in [-0.3, -0.25) is 4.72 Å². The minimum Gasteiger partial charge on any atom is -0.396 e. The lowest BCUT2D eigenvalue weighted by Crippen LogP contribution is -2.29. The van der Waals surface area contributed by atoms with Gasteiger partial charge in [0.15, 0.2) is 0 Å². The maximum Gasteiger partial charge on any atom is 0.229 e. The third-order valence-corrected chi connectivity index (χ3v) is 3.81. The van der Waals surface area contributed by atoms with Gasteiger partial charge in [-0.15, -0.1) is 0 Å². The summed E-state index contributed by atoms with van der Waals surface area (Å²) in [5.74, 6) is -0.638. The SMILES string of the molecule is CCC(C)(CO)CNc1ccc(F)c(NS(C)(=O)=O)c1. The summed E-state index contributed by atoms with van der Waals surface area (Å²) in [5.41, 5.74) is 0.212. The van der Waals surface area contributed by atoms with Crippen molar-refractivity contribution in [1.29, 1.82) is 0 Å². The van der Waals surface area contributed by atoms with Crippen LogP contribution in [0.1, 0.15) is 20.3 Å². The first kappa shape index (κ1) is 16.7. The molecule has 0 aliphatic rings. The van der Waals surface area contributed by atoms with Gasteiger partial charge >= 0.3 is 0 Å². The highest BCUT2D eigenvalue weighted by Crippen LogP contribution is 2.24. The van der Waals surface area contributed by atoms with Gasteiger partial charge in [0.25, 0.3) is 0 Å². The summed E-state index contributed by atoms with van der Waals surface area (Å²) < 4.78 is 37.9. The highest BCUT2D eigenvalue weighted by molar-refractivity contribution is 7.92.